The quantitative estimate of drug-likeness (QED) is 0.933. The van der Waals surface area contributed by atoms with Crippen LogP contribution in [0.1, 0.15) is 45.5 Å². The normalized spacial score (nSPS) is 11.5. The van der Waals surface area contributed by atoms with Crippen LogP contribution >= 0.6 is 0 Å². The van der Waals surface area contributed by atoms with E-state index in [1.54, 1.807) is 18.6 Å². The van der Waals surface area contributed by atoms with Gasteiger partial charge in [-0.25, -0.2) is 9.97 Å². The summed E-state index contributed by atoms with van der Waals surface area (Å²) in [4.78, 5) is 17.9. The fourth-order valence-electron chi connectivity index (χ4n) is 1.94. The van der Waals surface area contributed by atoms with Crippen LogP contribution in [-0.2, 0) is 5.41 Å². The van der Waals surface area contributed by atoms with Gasteiger partial charge >= 0.3 is 0 Å². The van der Waals surface area contributed by atoms with Crippen molar-refractivity contribution in [2.45, 2.75) is 46.5 Å². The third-order valence-electron chi connectivity index (χ3n) is 3.16. The third-order valence-corrected chi connectivity index (χ3v) is 3.16. The summed E-state index contributed by atoms with van der Waals surface area (Å²) < 4.78 is 0. The van der Waals surface area contributed by atoms with Crippen LogP contribution in [0.15, 0.2) is 18.6 Å². The second kappa shape index (κ2) is 6.16. The standard InChI is InChI=1S/C16H23N5/c1-6-7-19-14-11(2)13(12-10-17-8-9-18-12)20-15(21-14)16(3,4)5/h8-10H,6-7H2,1-5H3,(H,19,20,21). The number of aromatic nitrogens is 4. The van der Waals surface area contributed by atoms with Crippen LogP contribution in [0, 0.1) is 6.92 Å². The van der Waals surface area contributed by atoms with Gasteiger partial charge in [0.05, 0.1) is 11.9 Å². The average Bonchev–Trinajstić information content (AvgIpc) is 2.46. The number of anilines is 1. The molecule has 0 saturated carbocycles. The molecule has 0 radical (unpaired) electrons. The Hall–Kier alpha value is -2.04. The van der Waals surface area contributed by atoms with Gasteiger partial charge in [0.15, 0.2) is 0 Å². The highest BCUT2D eigenvalue weighted by molar-refractivity contribution is 5.64. The molecule has 2 rings (SSSR count). The minimum Gasteiger partial charge on any atom is -0.370 e. The highest BCUT2D eigenvalue weighted by atomic mass is 15.0. The summed E-state index contributed by atoms with van der Waals surface area (Å²) in [6.07, 6.45) is 6.15. The van der Waals surface area contributed by atoms with Crippen molar-refractivity contribution in [2.75, 3.05) is 11.9 Å². The lowest BCUT2D eigenvalue weighted by Gasteiger charge is -2.20. The number of nitrogens with one attached hydrogen (secondary N) is 1. The zero-order valence-electron chi connectivity index (χ0n) is 13.4. The molecule has 2 heterocycles. The van der Waals surface area contributed by atoms with Gasteiger partial charge in [0.1, 0.15) is 17.3 Å². The van der Waals surface area contributed by atoms with E-state index in [1.807, 2.05) is 6.92 Å². The highest BCUT2D eigenvalue weighted by Gasteiger charge is 2.22. The summed E-state index contributed by atoms with van der Waals surface area (Å²) in [6, 6.07) is 0. The van der Waals surface area contributed by atoms with E-state index in [2.05, 4.69) is 43.0 Å². The smallest absolute Gasteiger partial charge is 0.136 e. The maximum absolute atomic E-state index is 4.73. The monoisotopic (exact) mass is 285 g/mol. The molecule has 21 heavy (non-hydrogen) atoms. The molecule has 0 atom stereocenters. The Kier molecular flexibility index (Phi) is 4.50. The highest BCUT2D eigenvalue weighted by Crippen LogP contribution is 2.28. The SMILES string of the molecule is CCCNc1nc(C(C)(C)C)nc(-c2cnccn2)c1C. The zero-order chi connectivity index (χ0) is 15.5. The van der Waals surface area contributed by atoms with Crippen molar-refractivity contribution < 1.29 is 0 Å². The first-order chi connectivity index (χ1) is 9.93. The first-order valence-corrected chi connectivity index (χ1v) is 7.33. The number of nitrogens with zero attached hydrogens (tertiary/aromatic N) is 4. The first kappa shape index (κ1) is 15.4. The van der Waals surface area contributed by atoms with E-state index in [0.29, 0.717) is 0 Å². The predicted molar refractivity (Wildman–Crippen MR) is 85.3 cm³/mol. The molecule has 0 bridgehead atoms. The van der Waals surface area contributed by atoms with Crippen molar-refractivity contribution in [3.63, 3.8) is 0 Å². The number of hydrogen-bond donors (Lipinski definition) is 1. The molecule has 0 amide bonds. The van der Waals surface area contributed by atoms with Gasteiger partial charge in [0.2, 0.25) is 0 Å². The van der Waals surface area contributed by atoms with Crippen LogP contribution < -0.4 is 5.32 Å². The molecule has 2 aromatic heterocycles. The molecular weight excluding hydrogens is 262 g/mol. The fraction of sp³-hybridized carbons (Fsp3) is 0.500. The predicted octanol–water partition coefficient (Wildman–Crippen LogP) is 3.36. The fourth-order valence-corrected chi connectivity index (χ4v) is 1.94. The Morgan fingerprint density at radius 2 is 1.90 bits per heavy atom. The van der Waals surface area contributed by atoms with Gasteiger partial charge in [-0.05, 0) is 13.3 Å². The second-order valence-electron chi connectivity index (χ2n) is 6.14. The Bertz CT molecular complexity index is 602. The molecule has 0 aromatic carbocycles. The van der Waals surface area contributed by atoms with E-state index in [-0.39, 0.29) is 5.41 Å². The summed E-state index contributed by atoms with van der Waals surface area (Å²) in [7, 11) is 0. The molecule has 0 aliphatic rings. The topological polar surface area (TPSA) is 63.6 Å². The molecule has 0 saturated heterocycles. The molecule has 5 heteroatoms. The van der Waals surface area contributed by atoms with Crippen LogP contribution in [0.4, 0.5) is 5.82 Å². The lowest BCUT2D eigenvalue weighted by Crippen LogP contribution is -2.19. The van der Waals surface area contributed by atoms with Gasteiger partial charge in [-0.2, -0.15) is 0 Å². The van der Waals surface area contributed by atoms with E-state index in [1.165, 1.54) is 0 Å². The molecule has 0 fully saturated rings. The molecule has 0 spiro atoms. The maximum atomic E-state index is 4.73. The Morgan fingerprint density at radius 1 is 1.14 bits per heavy atom. The van der Waals surface area contributed by atoms with E-state index in [4.69, 9.17) is 9.97 Å². The van der Waals surface area contributed by atoms with Crippen molar-refractivity contribution in [1.29, 1.82) is 0 Å². The van der Waals surface area contributed by atoms with Gasteiger partial charge in [-0.3, -0.25) is 9.97 Å². The van der Waals surface area contributed by atoms with Crippen molar-refractivity contribution >= 4 is 5.82 Å². The molecule has 0 unspecified atom stereocenters. The van der Waals surface area contributed by atoms with E-state index in [9.17, 15) is 0 Å². The van der Waals surface area contributed by atoms with Gasteiger partial charge in [-0.15, -0.1) is 0 Å². The van der Waals surface area contributed by atoms with E-state index in [0.717, 1.165) is 41.6 Å². The molecule has 0 aliphatic heterocycles. The van der Waals surface area contributed by atoms with Crippen molar-refractivity contribution in [2.24, 2.45) is 0 Å². The summed E-state index contributed by atoms with van der Waals surface area (Å²) in [5.74, 6) is 1.70. The van der Waals surface area contributed by atoms with Crippen LogP contribution in [0.5, 0.6) is 0 Å². The van der Waals surface area contributed by atoms with E-state index >= 15 is 0 Å². The van der Waals surface area contributed by atoms with Crippen LogP contribution in [-0.4, -0.2) is 26.5 Å². The van der Waals surface area contributed by atoms with Crippen LogP contribution in [0.25, 0.3) is 11.4 Å². The minimum absolute atomic E-state index is 0.118. The summed E-state index contributed by atoms with van der Waals surface area (Å²) in [5, 5.41) is 3.39. The Morgan fingerprint density at radius 3 is 2.48 bits per heavy atom. The maximum Gasteiger partial charge on any atom is 0.136 e. The Balaban J connectivity index is 2.58. The molecule has 1 N–H and O–H groups in total. The van der Waals surface area contributed by atoms with Gasteiger partial charge in [0, 0.05) is 29.9 Å². The second-order valence-corrected chi connectivity index (χ2v) is 6.14. The average molecular weight is 285 g/mol. The Labute approximate surface area is 126 Å². The summed E-state index contributed by atoms with van der Waals surface area (Å²) in [6.45, 7) is 11.4. The summed E-state index contributed by atoms with van der Waals surface area (Å²) in [5.41, 5.74) is 2.52. The first-order valence-electron chi connectivity index (χ1n) is 7.33. The largest absolute Gasteiger partial charge is 0.370 e. The number of hydrogen-bond acceptors (Lipinski definition) is 5. The molecule has 0 aliphatic carbocycles. The summed E-state index contributed by atoms with van der Waals surface area (Å²) >= 11 is 0. The van der Waals surface area contributed by atoms with Crippen molar-refractivity contribution in [1.82, 2.24) is 19.9 Å². The van der Waals surface area contributed by atoms with Crippen LogP contribution in [0.3, 0.4) is 0 Å². The third kappa shape index (κ3) is 3.54. The van der Waals surface area contributed by atoms with Gasteiger partial charge in [0.25, 0.3) is 0 Å². The van der Waals surface area contributed by atoms with Gasteiger partial charge < -0.3 is 5.32 Å². The zero-order valence-corrected chi connectivity index (χ0v) is 13.4. The lowest BCUT2D eigenvalue weighted by atomic mass is 9.95. The van der Waals surface area contributed by atoms with Crippen molar-refractivity contribution in [3.05, 3.63) is 30.0 Å². The molecule has 2 aromatic rings. The molecular formula is C16H23N5. The van der Waals surface area contributed by atoms with E-state index < -0.39 is 0 Å². The van der Waals surface area contributed by atoms with Gasteiger partial charge in [-0.1, -0.05) is 27.7 Å². The molecule has 5 nitrogen and oxygen atoms in total. The van der Waals surface area contributed by atoms with Crippen LogP contribution in [0.2, 0.25) is 0 Å². The minimum atomic E-state index is -0.118. The lowest BCUT2D eigenvalue weighted by molar-refractivity contribution is 0.546. The molecule has 112 valence electrons. The van der Waals surface area contributed by atoms with Crippen molar-refractivity contribution in [3.8, 4) is 11.4 Å². The number of rotatable bonds is 4.